The van der Waals surface area contributed by atoms with Crippen LogP contribution in [-0.4, -0.2) is 37.4 Å². The van der Waals surface area contributed by atoms with E-state index < -0.39 is 0 Å². The van der Waals surface area contributed by atoms with Crippen LogP contribution in [0.3, 0.4) is 0 Å². The number of hydrogen-bond donors (Lipinski definition) is 0. The molecular formula is C40H40O6. The molecule has 0 aliphatic rings. The number of ketones is 4. The van der Waals surface area contributed by atoms with Gasteiger partial charge in [0.2, 0.25) is 0 Å². The summed E-state index contributed by atoms with van der Waals surface area (Å²) in [6.07, 6.45) is 0. The molecule has 6 nitrogen and oxygen atoms in total. The largest absolute Gasteiger partial charge is 0.380 e. The van der Waals surface area contributed by atoms with E-state index in [4.69, 9.17) is 9.47 Å². The van der Waals surface area contributed by atoms with Gasteiger partial charge in [-0.25, -0.2) is 0 Å². The minimum atomic E-state index is 0.0634. The van der Waals surface area contributed by atoms with Crippen LogP contribution in [0.2, 0.25) is 0 Å². The zero-order chi connectivity index (χ0) is 33.6. The normalized spacial score (nSPS) is 10.2. The maximum atomic E-state index is 11.2. The van der Waals surface area contributed by atoms with Gasteiger partial charge in [0.1, 0.15) is 0 Å². The van der Waals surface area contributed by atoms with Crippen molar-refractivity contribution in [1.82, 2.24) is 0 Å². The lowest BCUT2D eigenvalue weighted by atomic mass is 10.0. The van der Waals surface area contributed by atoms with E-state index in [0.29, 0.717) is 24.3 Å². The van der Waals surface area contributed by atoms with Crippen LogP contribution in [0.25, 0.3) is 21.9 Å². The fourth-order valence-corrected chi connectivity index (χ4v) is 4.57. The van der Waals surface area contributed by atoms with Gasteiger partial charge in [-0.3, -0.25) is 19.2 Å². The summed E-state index contributed by atoms with van der Waals surface area (Å²) in [5.74, 6) is 0.323. The summed E-state index contributed by atoms with van der Waals surface area (Å²) in [4.78, 5) is 44.5. The summed E-state index contributed by atoms with van der Waals surface area (Å²) in [7, 11) is 3.34. The summed E-state index contributed by atoms with van der Waals surface area (Å²) in [5.41, 5.74) is 7.22. The first-order chi connectivity index (χ1) is 22.0. The minimum absolute atomic E-state index is 0.0634. The van der Waals surface area contributed by atoms with Crippen molar-refractivity contribution in [3.05, 3.63) is 143 Å². The molecule has 0 aromatic heterocycles. The Balaban J connectivity index is 0.000000192. The Morgan fingerprint density at radius 1 is 0.413 bits per heavy atom. The number of methoxy groups -OCH3 is 2. The first kappa shape index (κ1) is 35.4. The Morgan fingerprint density at radius 3 is 1.15 bits per heavy atom. The molecule has 0 bridgehead atoms. The molecule has 0 aliphatic heterocycles. The lowest BCUT2D eigenvalue weighted by Crippen LogP contribution is -1.93. The van der Waals surface area contributed by atoms with Gasteiger partial charge in [0.05, 0.1) is 13.2 Å². The van der Waals surface area contributed by atoms with Gasteiger partial charge in [-0.1, -0.05) is 97.1 Å². The number of Topliss-reactive ketones (excluding diaryl/α,β-unsaturated/α-hetero) is 4. The molecule has 46 heavy (non-hydrogen) atoms. The van der Waals surface area contributed by atoms with Crippen LogP contribution in [0.5, 0.6) is 0 Å². The summed E-state index contributed by atoms with van der Waals surface area (Å²) in [6, 6.07) is 34.3. The van der Waals surface area contributed by atoms with Gasteiger partial charge in [0.25, 0.3) is 0 Å². The van der Waals surface area contributed by atoms with Crippen molar-refractivity contribution in [2.45, 2.75) is 40.9 Å². The summed E-state index contributed by atoms with van der Waals surface area (Å²) >= 11 is 0. The summed E-state index contributed by atoms with van der Waals surface area (Å²) in [5, 5.41) is 2.23. The summed E-state index contributed by atoms with van der Waals surface area (Å²) in [6.45, 7) is 7.46. The topological polar surface area (TPSA) is 86.7 Å². The van der Waals surface area contributed by atoms with Crippen LogP contribution in [0, 0.1) is 0 Å². The van der Waals surface area contributed by atoms with Crippen molar-refractivity contribution < 1.29 is 28.7 Å². The van der Waals surface area contributed by atoms with Crippen molar-refractivity contribution in [2.24, 2.45) is 0 Å². The number of rotatable bonds is 9. The van der Waals surface area contributed by atoms with E-state index >= 15 is 0 Å². The molecule has 0 fully saturated rings. The second kappa shape index (κ2) is 17.4. The molecule has 0 aliphatic carbocycles. The SMILES string of the molecule is CC(=O)c1ccc(-c2ccc(C(C)=O)cc2)cc1.COCc1ccc(C(C)=O)cc1.COCc1ccc2cc(C(C)=O)ccc2c1. The number of fused-ring (bicyclic) bond motifs is 1. The Bertz CT molecular complexity index is 1730. The molecule has 0 saturated carbocycles. The van der Waals surface area contributed by atoms with Crippen molar-refractivity contribution in [3.8, 4) is 11.1 Å². The third-order valence-corrected chi connectivity index (χ3v) is 7.21. The molecule has 5 rings (SSSR count). The highest BCUT2D eigenvalue weighted by Crippen LogP contribution is 2.21. The molecule has 0 radical (unpaired) electrons. The molecule has 0 atom stereocenters. The molecule has 0 heterocycles. The maximum absolute atomic E-state index is 11.2. The lowest BCUT2D eigenvalue weighted by Gasteiger charge is -2.04. The second-order valence-corrected chi connectivity index (χ2v) is 10.8. The third kappa shape index (κ3) is 10.5. The number of carbonyl (C=O) groups excluding carboxylic acids is 4. The number of ether oxygens (including phenoxy) is 2. The van der Waals surface area contributed by atoms with E-state index in [1.807, 2.05) is 103 Å². The Kier molecular flexibility index (Phi) is 13.4. The zero-order valence-corrected chi connectivity index (χ0v) is 27.3. The van der Waals surface area contributed by atoms with Crippen LogP contribution in [-0.2, 0) is 22.7 Å². The van der Waals surface area contributed by atoms with E-state index in [2.05, 4.69) is 6.07 Å². The molecule has 5 aromatic rings. The fourth-order valence-electron chi connectivity index (χ4n) is 4.57. The van der Waals surface area contributed by atoms with Crippen molar-refractivity contribution in [2.75, 3.05) is 14.2 Å². The molecule has 0 spiro atoms. The standard InChI is InChI=1S/C16H14O2.C14H14O2.C10H12O2/c1-11(17)13-3-7-15(8-4-13)16-9-5-14(6-10-16)12(2)18;1-10(15)12-5-6-13-7-11(9-16-2)3-4-14(13)8-12;1-8(11)10-5-3-9(4-6-10)7-12-2/h3-10H,1-2H3;3-8H,9H2,1-2H3;3-6H,7H2,1-2H3. The summed E-state index contributed by atoms with van der Waals surface area (Å²) < 4.78 is 10.0. The van der Waals surface area contributed by atoms with Gasteiger partial charge < -0.3 is 9.47 Å². The van der Waals surface area contributed by atoms with Crippen molar-refractivity contribution in [1.29, 1.82) is 0 Å². The van der Waals surface area contributed by atoms with Crippen LogP contribution in [0.15, 0.2) is 109 Å². The van der Waals surface area contributed by atoms with Gasteiger partial charge in [0.15, 0.2) is 23.1 Å². The smallest absolute Gasteiger partial charge is 0.159 e. The number of hydrogen-bond acceptors (Lipinski definition) is 6. The molecular weight excluding hydrogens is 576 g/mol. The zero-order valence-electron chi connectivity index (χ0n) is 27.3. The van der Waals surface area contributed by atoms with E-state index in [9.17, 15) is 19.2 Å². The van der Waals surface area contributed by atoms with E-state index in [1.54, 1.807) is 41.9 Å². The van der Waals surface area contributed by atoms with Crippen LogP contribution < -0.4 is 0 Å². The molecule has 6 heteroatoms. The average Bonchev–Trinajstić information content (AvgIpc) is 3.05. The molecule has 0 unspecified atom stereocenters. The van der Waals surface area contributed by atoms with Crippen LogP contribution in [0.4, 0.5) is 0 Å². The third-order valence-electron chi connectivity index (χ3n) is 7.21. The molecule has 0 N–H and O–H groups in total. The molecule has 0 amide bonds. The maximum Gasteiger partial charge on any atom is 0.159 e. The van der Waals surface area contributed by atoms with E-state index in [1.165, 1.54) is 0 Å². The van der Waals surface area contributed by atoms with Crippen molar-refractivity contribution in [3.63, 3.8) is 0 Å². The monoisotopic (exact) mass is 616 g/mol. The van der Waals surface area contributed by atoms with E-state index in [-0.39, 0.29) is 23.1 Å². The fraction of sp³-hybridized carbons (Fsp3) is 0.200. The van der Waals surface area contributed by atoms with Gasteiger partial charge in [0, 0.05) is 36.5 Å². The van der Waals surface area contributed by atoms with Crippen LogP contribution >= 0.6 is 0 Å². The highest BCUT2D eigenvalue weighted by Gasteiger charge is 2.04. The number of carbonyl (C=O) groups is 4. The quantitative estimate of drug-likeness (QED) is 0.154. The van der Waals surface area contributed by atoms with Gasteiger partial charge in [-0.2, -0.15) is 0 Å². The molecule has 5 aromatic carbocycles. The molecule has 0 saturated heterocycles. The van der Waals surface area contributed by atoms with Gasteiger partial charge in [-0.05, 0) is 72.9 Å². The Hall–Kier alpha value is -5.04. The van der Waals surface area contributed by atoms with Crippen LogP contribution in [0.1, 0.15) is 80.3 Å². The van der Waals surface area contributed by atoms with E-state index in [0.717, 1.165) is 44.2 Å². The highest BCUT2D eigenvalue weighted by molar-refractivity contribution is 5.98. The first-order valence-corrected chi connectivity index (χ1v) is 14.9. The highest BCUT2D eigenvalue weighted by atomic mass is 16.5. The average molecular weight is 617 g/mol. The van der Waals surface area contributed by atoms with Gasteiger partial charge in [-0.15, -0.1) is 0 Å². The first-order valence-electron chi connectivity index (χ1n) is 14.9. The number of benzene rings is 5. The van der Waals surface area contributed by atoms with Gasteiger partial charge >= 0.3 is 0 Å². The molecule has 236 valence electrons. The predicted octanol–water partition coefficient (Wildman–Crippen LogP) is 8.98. The predicted molar refractivity (Wildman–Crippen MR) is 184 cm³/mol. The lowest BCUT2D eigenvalue weighted by molar-refractivity contribution is 0.100. The Labute approximate surface area is 271 Å². The Morgan fingerprint density at radius 2 is 0.739 bits per heavy atom. The minimum Gasteiger partial charge on any atom is -0.380 e. The second-order valence-electron chi connectivity index (χ2n) is 10.8. The van der Waals surface area contributed by atoms with Crippen molar-refractivity contribution >= 4 is 33.9 Å².